The van der Waals surface area contributed by atoms with Gasteiger partial charge in [-0.3, -0.25) is 0 Å². The average Bonchev–Trinajstić information content (AvgIpc) is 2.59. The summed E-state index contributed by atoms with van der Waals surface area (Å²) >= 11 is 5.92. The third-order valence-electron chi connectivity index (χ3n) is 4.12. The average molecular weight is 308 g/mol. The molecule has 1 saturated heterocycles. The number of halogens is 1. The summed E-state index contributed by atoms with van der Waals surface area (Å²) in [5.74, 6) is 0.972. The first-order chi connectivity index (χ1) is 9.67. The van der Waals surface area contributed by atoms with Crippen LogP contribution in [0.1, 0.15) is 52.4 Å². The van der Waals surface area contributed by atoms with Gasteiger partial charge in [0.05, 0.1) is 0 Å². The molecule has 2 aromatic rings. The van der Waals surface area contributed by atoms with Gasteiger partial charge in [0.25, 0.3) is 0 Å². The van der Waals surface area contributed by atoms with Crippen LogP contribution in [0.5, 0.6) is 0 Å². The number of hydrogen-bond donors (Lipinski definition) is 1. The van der Waals surface area contributed by atoms with Gasteiger partial charge in [0, 0.05) is 23.2 Å². The van der Waals surface area contributed by atoms with Crippen molar-refractivity contribution in [1.29, 1.82) is 0 Å². The number of rotatable bonds is 1. The van der Waals surface area contributed by atoms with Crippen LogP contribution in [-0.2, 0) is 0 Å². The Morgan fingerprint density at radius 1 is 1.19 bits per heavy atom. The molecule has 0 aromatic carbocycles. The predicted octanol–water partition coefficient (Wildman–Crippen LogP) is 3.27. The van der Waals surface area contributed by atoms with Gasteiger partial charge in [-0.15, -0.1) is 10.2 Å². The molecule has 3 rings (SSSR count). The van der Waals surface area contributed by atoms with E-state index in [4.69, 9.17) is 11.6 Å². The number of fused-ring (bicyclic) bond motifs is 1. The third-order valence-corrected chi connectivity index (χ3v) is 4.30. The maximum Gasteiger partial charge on any atom is 0.183 e. The van der Waals surface area contributed by atoms with E-state index in [0.717, 1.165) is 29.8 Å². The molecule has 0 atom stereocenters. The summed E-state index contributed by atoms with van der Waals surface area (Å²) in [6, 6.07) is 2.14. The number of nitrogens with one attached hydrogen (secondary N) is 1. The lowest BCUT2D eigenvalue weighted by molar-refractivity contribution is 0.133. The minimum Gasteiger partial charge on any atom is -0.308 e. The molecule has 1 fully saturated rings. The first-order valence-corrected chi connectivity index (χ1v) is 7.72. The molecule has 1 aliphatic heterocycles. The third kappa shape index (κ3) is 2.77. The van der Waals surface area contributed by atoms with E-state index in [-0.39, 0.29) is 11.1 Å². The van der Waals surface area contributed by atoms with Crippen LogP contribution < -0.4 is 5.32 Å². The van der Waals surface area contributed by atoms with E-state index in [1.807, 2.05) is 6.92 Å². The van der Waals surface area contributed by atoms with Crippen molar-refractivity contribution >= 4 is 22.8 Å². The van der Waals surface area contributed by atoms with E-state index in [1.54, 1.807) is 6.07 Å². The number of aryl methyl sites for hydroxylation is 1. The van der Waals surface area contributed by atoms with E-state index in [0.29, 0.717) is 11.2 Å². The molecule has 0 amide bonds. The van der Waals surface area contributed by atoms with Crippen LogP contribution in [0, 0.1) is 6.92 Å². The van der Waals surface area contributed by atoms with Gasteiger partial charge in [-0.2, -0.15) is 0 Å². The fourth-order valence-corrected chi connectivity index (χ4v) is 4.02. The lowest BCUT2D eigenvalue weighted by Crippen LogP contribution is -2.58. The molecule has 0 aliphatic carbocycles. The summed E-state index contributed by atoms with van der Waals surface area (Å²) < 4.78 is 2.23. The lowest BCUT2D eigenvalue weighted by Gasteiger charge is -2.47. The van der Waals surface area contributed by atoms with Gasteiger partial charge in [0.2, 0.25) is 0 Å². The Morgan fingerprint density at radius 3 is 2.43 bits per heavy atom. The molecule has 0 spiro atoms. The highest BCUT2D eigenvalue weighted by atomic mass is 35.5. The zero-order valence-electron chi connectivity index (χ0n) is 13.2. The van der Waals surface area contributed by atoms with Crippen molar-refractivity contribution in [2.24, 2.45) is 0 Å². The SMILES string of the molecule is Cc1nc2cc(Cl)nnc2n1C1CC(C)(C)NC(C)(C)C1. The fourth-order valence-electron chi connectivity index (χ4n) is 3.88. The Morgan fingerprint density at radius 2 is 1.81 bits per heavy atom. The molecule has 0 saturated carbocycles. The van der Waals surface area contributed by atoms with Crippen LogP contribution in [0.15, 0.2) is 6.07 Å². The molecule has 1 aliphatic rings. The zero-order chi connectivity index (χ0) is 15.4. The molecular weight excluding hydrogens is 286 g/mol. The van der Waals surface area contributed by atoms with Crippen LogP contribution in [0.2, 0.25) is 5.15 Å². The van der Waals surface area contributed by atoms with Crippen molar-refractivity contribution in [3.8, 4) is 0 Å². The van der Waals surface area contributed by atoms with Crippen molar-refractivity contribution in [3.63, 3.8) is 0 Å². The van der Waals surface area contributed by atoms with Gasteiger partial charge >= 0.3 is 0 Å². The smallest absolute Gasteiger partial charge is 0.183 e. The second kappa shape index (κ2) is 4.65. The molecule has 0 unspecified atom stereocenters. The number of aromatic nitrogens is 4. The van der Waals surface area contributed by atoms with Crippen LogP contribution in [-0.4, -0.2) is 30.8 Å². The highest BCUT2D eigenvalue weighted by molar-refractivity contribution is 6.29. The quantitative estimate of drug-likeness (QED) is 0.878. The van der Waals surface area contributed by atoms with E-state index in [9.17, 15) is 0 Å². The van der Waals surface area contributed by atoms with Crippen molar-refractivity contribution in [2.75, 3.05) is 0 Å². The molecular formula is C15H22ClN5. The highest BCUT2D eigenvalue weighted by Gasteiger charge is 2.39. The van der Waals surface area contributed by atoms with E-state index in [1.165, 1.54) is 0 Å². The Bertz CT molecular complexity index is 673. The van der Waals surface area contributed by atoms with Crippen LogP contribution in [0.25, 0.3) is 11.2 Å². The molecule has 21 heavy (non-hydrogen) atoms. The Kier molecular flexibility index (Phi) is 3.26. The summed E-state index contributed by atoms with van der Waals surface area (Å²) in [5, 5.41) is 12.4. The van der Waals surface area contributed by atoms with E-state index >= 15 is 0 Å². The van der Waals surface area contributed by atoms with Gasteiger partial charge in [0.15, 0.2) is 10.8 Å². The molecule has 0 bridgehead atoms. The van der Waals surface area contributed by atoms with Gasteiger partial charge in [0.1, 0.15) is 11.3 Å². The summed E-state index contributed by atoms with van der Waals surface area (Å²) in [7, 11) is 0. The van der Waals surface area contributed by atoms with Crippen molar-refractivity contribution in [3.05, 3.63) is 17.0 Å². The summed E-state index contributed by atoms with van der Waals surface area (Å²) in [6.07, 6.45) is 2.07. The largest absolute Gasteiger partial charge is 0.308 e. The lowest BCUT2D eigenvalue weighted by atomic mass is 9.79. The maximum atomic E-state index is 5.92. The minimum atomic E-state index is 0.0787. The van der Waals surface area contributed by atoms with Crippen LogP contribution >= 0.6 is 11.6 Å². The van der Waals surface area contributed by atoms with Crippen molar-refractivity contribution < 1.29 is 0 Å². The summed E-state index contributed by atoms with van der Waals surface area (Å²) in [5.41, 5.74) is 1.81. The number of piperidine rings is 1. The molecule has 2 aromatic heterocycles. The van der Waals surface area contributed by atoms with E-state index in [2.05, 4.69) is 52.8 Å². The van der Waals surface area contributed by atoms with E-state index < -0.39 is 0 Å². The normalized spacial score (nSPS) is 21.8. The first kappa shape index (κ1) is 14.7. The maximum absolute atomic E-state index is 5.92. The Balaban J connectivity index is 2.09. The molecule has 5 nitrogen and oxygen atoms in total. The molecule has 114 valence electrons. The molecule has 1 N–H and O–H groups in total. The Hall–Kier alpha value is -1.20. The van der Waals surface area contributed by atoms with Crippen LogP contribution in [0.4, 0.5) is 0 Å². The van der Waals surface area contributed by atoms with Crippen molar-refractivity contribution in [2.45, 2.75) is 64.6 Å². The summed E-state index contributed by atoms with van der Waals surface area (Å²) in [4.78, 5) is 4.60. The topological polar surface area (TPSA) is 55.6 Å². The second-order valence-corrected chi connectivity index (χ2v) is 7.75. The van der Waals surface area contributed by atoms with Gasteiger partial charge in [-0.05, 0) is 47.5 Å². The van der Waals surface area contributed by atoms with Gasteiger partial charge in [-0.25, -0.2) is 4.98 Å². The predicted molar refractivity (Wildman–Crippen MR) is 84.6 cm³/mol. The first-order valence-electron chi connectivity index (χ1n) is 7.34. The molecule has 0 radical (unpaired) electrons. The Labute approximate surface area is 130 Å². The highest BCUT2D eigenvalue weighted by Crippen LogP contribution is 2.37. The number of imidazole rings is 1. The van der Waals surface area contributed by atoms with Gasteiger partial charge < -0.3 is 9.88 Å². The zero-order valence-corrected chi connectivity index (χ0v) is 14.0. The minimum absolute atomic E-state index is 0.0787. The number of hydrogen-bond acceptors (Lipinski definition) is 4. The monoisotopic (exact) mass is 307 g/mol. The summed E-state index contributed by atoms with van der Waals surface area (Å²) in [6.45, 7) is 11.0. The van der Waals surface area contributed by atoms with Crippen LogP contribution in [0.3, 0.4) is 0 Å². The second-order valence-electron chi connectivity index (χ2n) is 7.36. The fraction of sp³-hybridized carbons (Fsp3) is 0.667. The van der Waals surface area contributed by atoms with Crippen molar-refractivity contribution in [1.82, 2.24) is 25.1 Å². The van der Waals surface area contributed by atoms with Gasteiger partial charge in [-0.1, -0.05) is 11.6 Å². The molecule has 3 heterocycles. The molecule has 6 heteroatoms. The standard InChI is InChI=1S/C15H22ClN5/c1-9-17-11-6-12(16)18-19-13(11)21(9)10-7-14(2,3)20-15(4,5)8-10/h6,10,20H,7-8H2,1-5H3. The number of nitrogens with zero attached hydrogens (tertiary/aromatic N) is 4.